The number of methoxy groups -OCH3 is 1. The van der Waals surface area contributed by atoms with Gasteiger partial charge in [-0.05, 0) is 57.5 Å². The van der Waals surface area contributed by atoms with Gasteiger partial charge in [0.2, 0.25) is 0 Å². The molecule has 2 rings (SSSR count). The molecule has 0 bridgehead atoms. The van der Waals surface area contributed by atoms with Crippen LogP contribution in [-0.4, -0.2) is 25.8 Å². The fourth-order valence-corrected chi connectivity index (χ4v) is 2.18. The molecule has 1 heterocycles. The molecule has 17 heavy (non-hydrogen) atoms. The van der Waals surface area contributed by atoms with E-state index in [0.717, 1.165) is 37.4 Å². The first-order valence-electron chi connectivity index (χ1n) is 6.17. The Labute approximate surface area is 103 Å². The zero-order valence-corrected chi connectivity index (χ0v) is 10.9. The molecule has 1 fully saturated rings. The van der Waals surface area contributed by atoms with Crippen LogP contribution in [0.1, 0.15) is 25.3 Å². The zero-order valence-electron chi connectivity index (χ0n) is 10.9. The molecule has 0 radical (unpaired) electrons. The quantitative estimate of drug-likeness (QED) is 0.873. The first kappa shape index (κ1) is 12.2. The van der Waals surface area contributed by atoms with Gasteiger partial charge in [-0.15, -0.1) is 0 Å². The first-order chi connectivity index (χ1) is 8.13. The third-order valence-corrected chi connectivity index (χ3v) is 3.34. The molecular formula is C14H21NO2. The van der Waals surface area contributed by atoms with E-state index in [1.54, 1.807) is 7.11 Å². The predicted molar refractivity (Wildman–Crippen MR) is 68.9 cm³/mol. The summed E-state index contributed by atoms with van der Waals surface area (Å²) in [5, 5.41) is 3.35. The van der Waals surface area contributed by atoms with Gasteiger partial charge in [-0.1, -0.05) is 6.07 Å². The van der Waals surface area contributed by atoms with Gasteiger partial charge in [0.15, 0.2) is 11.5 Å². The smallest absolute Gasteiger partial charge is 0.162 e. The minimum atomic E-state index is -0.0756. The van der Waals surface area contributed by atoms with E-state index in [2.05, 4.69) is 25.2 Å². The Kier molecular flexibility index (Phi) is 3.57. The fourth-order valence-electron chi connectivity index (χ4n) is 2.18. The van der Waals surface area contributed by atoms with E-state index >= 15 is 0 Å². The van der Waals surface area contributed by atoms with Crippen LogP contribution in [0.2, 0.25) is 0 Å². The van der Waals surface area contributed by atoms with Crippen LogP contribution in [-0.2, 0) is 0 Å². The number of rotatable bonds is 3. The van der Waals surface area contributed by atoms with Crippen molar-refractivity contribution in [3.63, 3.8) is 0 Å². The monoisotopic (exact) mass is 235 g/mol. The van der Waals surface area contributed by atoms with E-state index in [1.807, 2.05) is 12.1 Å². The maximum absolute atomic E-state index is 6.15. The topological polar surface area (TPSA) is 30.5 Å². The van der Waals surface area contributed by atoms with Crippen LogP contribution in [0.25, 0.3) is 0 Å². The molecule has 1 aliphatic rings. The van der Waals surface area contributed by atoms with E-state index in [1.165, 1.54) is 5.56 Å². The fraction of sp³-hybridized carbons (Fsp3) is 0.571. The molecule has 0 saturated carbocycles. The van der Waals surface area contributed by atoms with Gasteiger partial charge in [-0.3, -0.25) is 0 Å². The molecule has 0 atom stereocenters. The van der Waals surface area contributed by atoms with E-state index in [9.17, 15) is 0 Å². The molecule has 94 valence electrons. The number of hydrogen-bond donors (Lipinski definition) is 1. The summed E-state index contributed by atoms with van der Waals surface area (Å²) >= 11 is 0. The van der Waals surface area contributed by atoms with Crippen molar-refractivity contribution in [1.29, 1.82) is 0 Å². The third kappa shape index (κ3) is 2.91. The number of ether oxygens (including phenoxy) is 2. The number of aryl methyl sites for hydroxylation is 1. The molecule has 1 aromatic rings. The molecule has 3 heteroatoms. The maximum atomic E-state index is 6.15. The summed E-state index contributed by atoms with van der Waals surface area (Å²) in [4.78, 5) is 0. The van der Waals surface area contributed by atoms with Crippen molar-refractivity contribution in [3.05, 3.63) is 23.8 Å². The third-order valence-electron chi connectivity index (χ3n) is 3.34. The molecule has 1 N–H and O–H groups in total. The van der Waals surface area contributed by atoms with Gasteiger partial charge in [0, 0.05) is 0 Å². The molecule has 0 aliphatic carbocycles. The Balaban J connectivity index is 2.17. The van der Waals surface area contributed by atoms with Crippen molar-refractivity contribution in [2.75, 3.05) is 20.2 Å². The highest BCUT2D eigenvalue weighted by Gasteiger charge is 2.29. The summed E-state index contributed by atoms with van der Waals surface area (Å²) < 4.78 is 11.5. The molecule has 0 aromatic heterocycles. The van der Waals surface area contributed by atoms with E-state index in [0.29, 0.717) is 0 Å². The van der Waals surface area contributed by atoms with E-state index in [-0.39, 0.29) is 5.60 Å². The van der Waals surface area contributed by atoms with Gasteiger partial charge >= 0.3 is 0 Å². The summed E-state index contributed by atoms with van der Waals surface area (Å²) in [5.41, 5.74) is 1.11. The van der Waals surface area contributed by atoms with Crippen molar-refractivity contribution < 1.29 is 9.47 Å². The van der Waals surface area contributed by atoms with Crippen LogP contribution in [0.4, 0.5) is 0 Å². The highest BCUT2D eigenvalue weighted by atomic mass is 16.5. The molecule has 1 aliphatic heterocycles. The lowest BCUT2D eigenvalue weighted by molar-refractivity contribution is 0.0527. The van der Waals surface area contributed by atoms with Crippen LogP contribution in [0.5, 0.6) is 11.5 Å². The lowest BCUT2D eigenvalue weighted by Gasteiger charge is -2.35. The number of nitrogens with one attached hydrogen (secondary N) is 1. The van der Waals surface area contributed by atoms with Crippen LogP contribution in [0.15, 0.2) is 18.2 Å². The Morgan fingerprint density at radius 1 is 1.18 bits per heavy atom. The minimum Gasteiger partial charge on any atom is -0.493 e. The Morgan fingerprint density at radius 3 is 2.53 bits per heavy atom. The van der Waals surface area contributed by atoms with Crippen molar-refractivity contribution in [2.24, 2.45) is 0 Å². The maximum Gasteiger partial charge on any atom is 0.162 e. The predicted octanol–water partition coefficient (Wildman–Crippen LogP) is 2.52. The molecule has 3 nitrogen and oxygen atoms in total. The number of hydrogen-bond acceptors (Lipinski definition) is 3. The molecule has 1 saturated heterocycles. The van der Waals surface area contributed by atoms with E-state index in [4.69, 9.17) is 9.47 Å². The highest BCUT2D eigenvalue weighted by Crippen LogP contribution is 2.33. The van der Waals surface area contributed by atoms with E-state index < -0.39 is 0 Å². The standard InChI is InChI=1S/C14H21NO2/c1-11-4-5-12(13(10-11)16-3)17-14(2)6-8-15-9-7-14/h4-5,10,15H,6-9H2,1-3H3. The normalized spacial score (nSPS) is 18.8. The zero-order chi connectivity index (χ0) is 12.3. The lowest BCUT2D eigenvalue weighted by atomic mass is 9.94. The van der Waals surface area contributed by atoms with Crippen LogP contribution >= 0.6 is 0 Å². The van der Waals surface area contributed by atoms with Gasteiger partial charge in [-0.2, -0.15) is 0 Å². The summed E-state index contributed by atoms with van der Waals surface area (Å²) in [6.45, 7) is 6.26. The van der Waals surface area contributed by atoms with Crippen molar-refractivity contribution in [2.45, 2.75) is 32.3 Å². The molecule has 1 aromatic carbocycles. The second-order valence-electron chi connectivity index (χ2n) is 4.96. The van der Waals surface area contributed by atoms with Crippen molar-refractivity contribution >= 4 is 0 Å². The largest absolute Gasteiger partial charge is 0.493 e. The minimum absolute atomic E-state index is 0.0756. The highest BCUT2D eigenvalue weighted by molar-refractivity contribution is 5.42. The SMILES string of the molecule is COc1cc(C)ccc1OC1(C)CCNCC1. The Bertz CT molecular complexity index is 384. The first-order valence-corrected chi connectivity index (χ1v) is 6.17. The summed E-state index contributed by atoms with van der Waals surface area (Å²) in [5.74, 6) is 1.67. The average Bonchev–Trinajstić information content (AvgIpc) is 2.32. The van der Waals surface area contributed by atoms with Crippen LogP contribution in [0.3, 0.4) is 0 Å². The average molecular weight is 235 g/mol. The van der Waals surface area contributed by atoms with Crippen molar-refractivity contribution in [1.82, 2.24) is 5.32 Å². The molecular weight excluding hydrogens is 214 g/mol. The van der Waals surface area contributed by atoms with Gasteiger partial charge in [0.1, 0.15) is 5.60 Å². The van der Waals surface area contributed by atoms with Crippen molar-refractivity contribution in [3.8, 4) is 11.5 Å². The lowest BCUT2D eigenvalue weighted by Crippen LogP contribution is -2.43. The second kappa shape index (κ2) is 4.96. The summed E-state index contributed by atoms with van der Waals surface area (Å²) in [6, 6.07) is 6.07. The summed E-state index contributed by atoms with van der Waals surface area (Å²) in [6.07, 6.45) is 2.06. The van der Waals surface area contributed by atoms with Crippen LogP contribution < -0.4 is 14.8 Å². The molecule has 0 amide bonds. The molecule has 0 spiro atoms. The molecule has 0 unspecified atom stereocenters. The Morgan fingerprint density at radius 2 is 1.88 bits per heavy atom. The summed E-state index contributed by atoms with van der Waals surface area (Å²) in [7, 11) is 1.69. The van der Waals surface area contributed by atoms with Gasteiger partial charge in [-0.25, -0.2) is 0 Å². The Hall–Kier alpha value is -1.22. The second-order valence-corrected chi connectivity index (χ2v) is 4.96. The number of piperidine rings is 1. The van der Waals surface area contributed by atoms with Gasteiger partial charge in [0.05, 0.1) is 7.11 Å². The van der Waals surface area contributed by atoms with Gasteiger partial charge < -0.3 is 14.8 Å². The van der Waals surface area contributed by atoms with Crippen LogP contribution in [0, 0.1) is 6.92 Å². The number of benzene rings is 1. The van der Waals surface area contributed by atoms with Gasteiger partial charge in [0.25, 0.3) is 0 Å².